The summed E-state index contributed by atoms with van der Waals surface area (Å²) in [6.45, 7) is -0.207. The molecule has 3 aromatic rings. The van der Waals surface area contributed by atoms with E-state index in [0.29, 0.717) is 10.6 Å². The Bertz CT molecular complexity index is 1190. The molecular formula is C20H17ClN2O6S2. The lowest BCUT2D eigenvalue weighted by molar-refractivity contribution is -0.384. The van der Waals surface area contributed by atoms with Crippen LogP contribution in [-0.2, 0) is 9.84 Å². The summed E-state index contributed by atoms with van der Waals surface area (Å²) < 4.78 is 31.6. The van der Waals surface area contributed by atoms with Crippen molar-refractivity contribution in [2.24, 2.45) is 0 Å². The van der Waals surface area contributed by atoms with Crippen molar-refractivity contribution >= 4 is 44.4 Å². The number of hydrogen-bond acceptors (Lipinski definition) is 7. The monoisotopic (exact) mass is 480 g/mol. The number of benzene rings is 2. The van der Waals surface area contributed by atoms with Crippen molar-refractivity contribution in [3.63, 3.8) is 0 Å². The van der Waals surface area contributed by atoms with Gasteiger partial charge in [-0.15, -0.1) is 11.3 Å². The zero-order valence-electron chi connectivity index (χ0n) is 16.1. The fourth-order valence-electron chi connectivity index (χ4n) is 2.85. The molecular weight excluding hydrogens is 464 g/mol. The molecule has 0 aliphatic carbocycles. The average Bonchev–Trinajstić information content (AvgIpc) is 3.27. The van der Waals surface area contributed by atoms with Crippen molar-refractivity contribution in [1.82, 2.24) is 5.32 Å². The molecule has 0 aliphatic heterocycles. The molecule has 0 saturated carbocycles. The van der Waals surface area contributed by atoms with Gasteiger partial charge in [0, 0.05) is 23.6 Å². The molecule has 11 heteroatoms. The lowest BCUT2D eigenvalue weighted by Gasteiger charge is -2.18. The van der Waals surface area contributed by atoms with Crippen LogP contribution in [0.2, 0.25) is 5.02 Å². The van der Waals surface area contributed by atoms with Crippen LogP contribution in [0.25, 0.3) is 0 Å². The van der Waals surface area contributed by atoms with Gasteiger partial charge in [0.25, 0.3) is 11.6 Å². The zero-order chi connectivity index (χ0) is 22.6. The molecule has 1 N–H and O–H groups in total. The maximum atomic E-state index is 13.3. The Morgan fingerprint density at radius 2 is 1.94 bits per heavy atom. The van der Waals surface area contributed by atoms with E-state index in [1.54, 1.807) is 29.6 Å². The highest BCUT2D eigenvalue weighted by Gasteiger charge is 2.31. The van der Waals surface area contributed by atoms with E-state index in [4.69, 9.17) is 16.3 Å². The first-order valence-electron chi connectivity index (χ1n) is 8.87. The quantitative estimate of drug-likeness (QED) is 0.380. The number of nitro groups is 1. The van der Waals surface area contributed by atoms with Crippen molar-refractivity contribution in [2.45, 2.75) is 10.1 Å². The molecule has 1 aromatic heterocycles. The van der Waals surface area contributed by atoms with Crippen molar-refractivity contribution in [3.8, 4) is 5.75 Å². The van der Waals surface area contributed by atoms with E-state index < -0.39 is 25.9 Å². The maximum Gasteiger partial charge on any atom is 0.270 e. The van der Waals surface area contributed by atoms with Crippen molar-refractivity contribution < 1.29 is 22.9 Å². The highest BCUT2D eigenvalue weighted by molar-refractivity contribution is 7.91. The number of ether oxygens (including phenoxy) is 1. The van der Waals surface area contributed by atoms with Gasteiger partial charge in [-0.05, 0) is 41.8 Å². The Morgan fingerprint density at radius 3 is 2.48 bits per heavy atom. The molecule has 0 saturated heterocycles. The number of methoxy groups -OCH3 is 1. The normalized spacial score (nSPS) is 12.2. The Labute approximate surface area is 187 Å². The minimum Gasteiger partial charge on any atom is -0.497 e. The number of amides is 1. The van der Waals surface area contributed by atoms with Gasteiger partial charge in [-0.2, -0.15) is 0 Å². The Hall–Kier alpha value is -2.95. The number of carbonyl (C=O) groups is 1. The number of carbonyl (C=O) groups excluding carboxylic acids is 1. The lowest BCUT2D eigenvalue weighted by atomic mass is 10.2. The van der Waals surface area contributed by atoms with Gasteiger partial charge in [0.2, 0.25) is 0 Å². The van der Waals surface area contributed by atoms with Gasteiger partial charge < -0.3 is 10.1 Å². The topological polar surface area (TPSA) is 116 Å². The molecule has 3 rings (SSSR count). The third kappa shape index (κ3) is 5.04. The zero-order valence-corrected chi connectivity index (χ0v) is 18.5. The van der Waals surface area contributed by atoms with Crippen molar-refractivity contribution in [3.05, 3.63) is 85.6 Å². The SMILES string of the molecule is COc1ccc(S(=O)(=O)[C@@H](CNC(=O)c2ccc([N+](=O)[O-])cc2Cl)c2cccs2)cc1. The van der Waals surface area contributed by atoms with Gasteiger partial charge in [-0.1, -0.05) is 17.7 Å². The largest absolute Gasteiger partial charge is 0.497 e. The summed E-state index contributed by atoms with van der Waals surface area (Å²) in [5.74, 6) is -0.112. The van der Waals surface area contributed by atoms with Crippen LogP contribution < -0.4 is 10.1 Å². The Balaban J connectivity index is 1.85. The first-order chi connectivity index (χ1) is 14.7. The van der Waals surface area contributed by atoms with E-state index in [1.165, 1.54) is 36.6 Å². The summed E-state index contributed by atoms with van der Waals surface area (Å²) >= 11 is 7.26. The van der Waals surface area contributed by atoms with Gasteiger partial charge in [0.15, 0.2) is 9.84 Å². The molecule has 8 nitrogen and oxygen atoms in total. The van der Waals surface area contributed by atoms with Gasteiger partial charge >= 0.3 is 0 Å². The van der Waals surface area contributed by atoms with Crippen LogP contribution >= 0.6 is 22.9 Å². The van der Waals surface area contributed by atoms with E-state index >= 15 is 0 Å². The number of rotatable bonds is 8. The predicted molar refractivity (Wildman–Crippen MR) is 118 cm³/mol. The minimum absolute atomic E-state index is 0.0130. The molecule has 1 atom stereocenters. The number of hydrogen-bond donors (Lipinski definition) is 1. The first-order valence-corrected chi connectivity index (χ1v) is 11.7. The van der Waals surface area contributed by atoms with Gasteiger partial charge in [0.1, 0.15) is 11.0 Å². The molecule has 31 heavy (non-hydrogen) atoms. The van der Waals surface area contributed by atoms with E-state index in [0.717, 1.165) is 12.1 Å². The number of nitro benzene ring substituents is 1. The molecule has 1 heterocycles. The summed E-state index contributed by atoms with van der Waals surface area (Å²) in [6, 6.07) is 12.9. The highest BCUT2D eigenvalue weighted by atomic mass is 35.5. The van der Waals surface area contributed by atoms with E-state index in [2.05, 4.69) is 5.32 Å². The first kappa shape index (κ1) is 22.7. The molecule has 0 bridgehead atoms. The second-order valence-corrected chi connectivity index (χ2v) is 9.87. The molecule has 0 spiro atoms. The fraction of sp³-hybridized carbons (Fsp3) is 0.150. The molecule has 0 aliphatic rings. The number of nitrogens with zero attached hydrogens (tertiary/aromatic N) is 1. The molecule has 0 fully saturated rings. The minimum atomic E-state index is -3.84. The molecule has 1 amide bonds. The number of nitrogens with one attached hydrogen (secondary N) is 1. The number of thiophene rings is 1. The second-order valence-electron chi connectivity index (χ2n) is 6.36. The fourth-order valence-corrected chi connectivity index (χ4v) is 5.89. The Kier molecular flexibility index (Phi) is 6.94. The van der Waals surface area contributed by atoms with Crippen LogP contribution in [0.15, 0.2) is 64.9 Å². The van der Waals surface area contributed by atoms with Gasteiger partial charge in [-0.25, -0.2) is 8.42 Å². The predicted octanol–water partition coefficient (Wildman–Crippen LogP) is 4.26. The lowest BCUT2D eigenvalue weighted by Crippen LogP contribution is -2.31. The van der Waals surface area contributed by atoms with E-state index in [9.17, 15) is 23.3 Å². The summed E-state index contributed by atoms with van der Waals surface area (Å²) in [4.78, 5) is 23.5. The molecule has 0 unspecified atom stereocenters. The van der Waals surface area contributed by atoms with Crippen LogP contribution in [0.3, 0.4) is 0 Å². The van der Waals surface area contributed by atoms with Crippen LogP contribution in [0.4, 0.5) is 5.69 Å². The van der Waals surface area contributed by atoms with Gasteiger partial charge in [0.05, 0.1) is 27.5 Å². The van der Waals surface area contributed by atoms with Crippen LogP contribution in [0.5, 0.6) is 5.75 Å². The molecule has 162 valence electrons. The van der Waals surface area contributed by atoms with Gasteiger partial charge in [-0.3, -0.25) is 14.9 Å². The molecule has 0 radical (unpaired) electrons. The van der Waals surface area contributed by atoms with Crippen LogP contribution in [-0.4, -0.2) is 32.9 Å². The summed E-state index contributed by atoms with van der Waals surface area (Å²) in [5, 5.41) is 14.0. The number of halogens is 1. The second kappa shape index (κ2) is 9.46. The Morgan fingerprint density at radius 1 is 1.23 bits per heavy atom. The average molecular weight is 481 g/mol. The van der Waals surface area contributed by atoms with Crippen LogP contribution in [0.1, 0.15) is 20.5 Å². The third-order valence-corrected chi connectivity index (χ3v) is 8.03. The van der Waals surface area contributed by atoms with Crippen molar-refractivity contribution in [2.75, 3.05) is 13.7 Å². The highest BCUT2D eigenvalue weighted by Crippen LogP contribution is 2.32. The number of sulfone groups is 1. The van der Waals surface area contributed by atoms with E-state index in [1.807, 2.05) is 0 Å². The maximum absolute atomic E-state index is 13.3. The third-order valence-electron chi connectivity index (χ3n) is 4.48. The summed E-state index contributed by atoms with van der Waals surface area (Å²) in [5.41, 5.74) is -0.237. The summed E-state index contributed by atoms with van der Waals surface area (Å²) in [6.07, 6.45) is 0. The summed E-state index contributed by atoms with van der Waals surface area (Å²) in [7, 11) is -2.35. The smallest absolute Gasteiger partial charge is 0.270 e. The van der Waals surface area contributed by atoms with Crippen molar-refractivity contribution in [1.29, 1.82) is 0 Å². The van der Waals surface area contributed by atoms with E-state index in [-0.39, 0.29) is 27.7 Å². The number of non-ortho nitro benzene ring substituents is 1. The standard InChI is InChI=1S/C20H17ClN2O6S2/c1-29-14-5-7-15(8-6-14)31(27,28)19(18-3-2-10-30-18)12-22-20(24)16-9-4-13(23(25)26)11-17(16)21/h2-11,19H,12H2,1H3,(H,22,24)/t19-/m0/s1. The molecule has 2 aromatic carbocycles. The van der Waals surface area contributed by atoms with Crippen LogP contribution in [0, 0.1) is 10.1 Å².